The van der Waals surface area contributed by atoms with E-state index in [0.29, 0.717) is 6.04 Å². The van der Waals surface area contributed by atoms with Gasteiger partial charge in [0, 0.05) is 11.8 Å². The molecule has 3 aliphatic carbocycles. The van der Waals surface area contributed by atoms with E-state index < -0.39 is 0 Å². The van der Waals surface area contributed by atoms with Crippen LogP contribution >= 0.6 is 11.8 Å². The Bertz CT molecular complexity index is 354. The summed E-state index contributed by atoms with van der Waals surface area (Å²) in [6.07, 6.45) is 11.5. The molecule has 1 heterocycles. The lowest BCUT2D eigenvalue weighted by Gasteiger charge is -2.34. The van der Waals surface area contributed by atoms with Crippen LogP contribution in [0.2, 0.25) is 0 Å². The van der Waals surface area contributed by atoms with Crippen molar-refractivity contribution >= 4 is 16.9 Å². The molecule has 3 heteroatoms. The standard InChI is InChI=1S/C15H24N2S/c1-2-4-13-12(3-1)9-18-15(16-13)17-14-8-10-5-6-11(14)7-10/h10-14H,1-9H2,(H,16,17). The average molecular weight is 264 g/mol. The Morgan fingerprint density at radius 1 is 1.00 bits per heavy atom. The van der Waals surface area contributed by atoms with Gasteiger partial charge >= 0.3 is 0 Å². The van der Waals surface area contributed by atoms with Gasteiger partial charge in [-0.05, 0) is 49.9 Å². The third-order valence-electron chi connectivity index (χ3n) is 5.63. The van der Waals surface area contributed by atoms with Crippen LogP contribution in [-0.4, -0.2) is 23.0 Å². The Morgan fingerprint density at radius 2 is 1.94 bits per heavy atom. The molecule has 5 atom stereocenters. The minimum absolute atomic E-state index is 0.654. The molecule has 4 aliphatic rings. The summed E-state index contributed by atoms with van der Waals surface area (Å²) in [5.74, 6) is 4.19. The van der Waals surface area contributed by atoms with Gasteiger partial charge in [0.15, 0.2) is 5.17 Å². The van der Waals surface area contributed by atoms with E-state index in [9.17, 15) is 0 Å². The molecular formula is C15H24N2S. The van der Waals surface area contributed by atoms with Crippen molar-refractivity contribution in [2.24, 2.45) is 22.7 Å². The first-order chi connectivity index (χ1) is 8.88. The van der Waals surface area contributed by atoms with E-state index in [2.05, 4.69) is 5.32 Å². The number of fused-ring (bicyclic) bond motifs is 3. The molecule has 0 amide bonds. The molecule has 2 nitrogen and oxygen atoms in total. The van der Waals surface area contributed by atoms with Crippen molar-refractivity contribution in [2.45, 2.75) is 63.5 Å². The third-order valence-corrected chi connectivity index (χ3v) is 6.72. The second kappa shape index (κ2) is 4.73. The predicted molar refractivity (Wildman–Crippen MR) is 78.0 cm³/mol. The predicted octanol–water partition coefficient (Wildman–Crippen LogP) is 3.43. The molecule has 2 bridgehead atoms. The summed E-state index contributed by atoms with van der Waals surface area (Å²) in [6, 6.07) is 1.41. The highest BCUT2D eigenvalue weighted by atomic mass is 32.2. The highest BCUT2D eigenvalue weighted by Crippen LogP contribution is 2.45. The number of thioether (sulfide) groups is 1. The molecule has 18 heavy (non-hydrogen) atoms. The van der Waals surface area contributed by atoms with Gasteiger partial charge in [0.25, 0.3) is 0 Å². The molecule has 0 spiro atoms. The summed E-state index contributed by atoms with van der Waals surface area (Å²) in [5, 5.41) is 5.08. The number of aliphatic imine (C=N–C) groups is 1. The molecule has 0 aromatic heterocycles. The number of hydrogen-bond donors (Lipinski definition) is 1. The fraction of sp³-hybridized carbons (Fsp3) is 0.933. The zero-order valence-electron chi connectivity index (χ0n) is 11.1. The van der Waals surface area contributed by atoms with E-state index in [4.69, 9.17) is 4.99 Å². The van der Waals surface area contributed by atoms with Crippen molar-refractivity contribution in [3.8, 4) is 0 Å². The van der Waals surface area contributed by atoms with E-state index in [1.165, 1.54) is 62.3 Å². The zero-order chi connectivity index (χ0) is 11.9. The van der Waals surface area contributed by atoms with Crippen LogP contribution in [0.3, 0.4) is 0 Å². The number of rotatable bonds is 1. The minimum Gasteiger partial charge on any atom is -0.362 e. The number of hydrogen-bond acceptors (Lipinski definition) is 3. The van der Waals surface area contributed by atoms with Gasteiger partial charge in [-0.15, -0.1) is 0 Å². The maximum absolute atomic E-state index is 5.02. The van der Waals surface area contributed by atoms with Crippen molar-refractivity contribution in [1.82, 2.24) is 5.32 Å². The summed E-state index contributed by atoms with van der Waals surface area (Å²) in [6.45, 7) is 0. The van der Waals surface area contributed by atoms with Crippen LogP contribution in [0.15, 0.2) is 4.99 Å². The Labute approximate surface area is 114 Å². The van der Waals surface area contributed by atoms with Gasteiger partial charge in [0.2, 0.25) is 0 Å². The molecule has 0 aromatic carbocycles. The van der Waals surface area contributed by atoms with Gasteiger partial charge in [-0.3, -0.25) is 4.99 Å². The smallest absolute Gasteiger partial charge is 0.157 e. The normalized spacial score (nSPS) is 46.7. The van der Waals surface area contributed by atoms with Gasteiger partial charge in [-0.1, -0.05) is 31.0 Å². The van der Waals surface area contributed by atoms with Crippen LogP contribution in [-0.2, 0) is 0 Å². The largest absolute Gasteiger partial charge is 0.362 e. The number of nitrogens with zero attached hydrogens (tertiary/aromatic N) is 1. The van der Waals surface area contributed by atoms with Crippen LogP contribution in [0, 0.1) is 17.8 Å². The fourth-order valence-corrected chi connectivity index (χ4v) is 5.79. The van der Waals surface area contributed by atoms with Crippen molar-refractivity contribution in [1.29, 1.82) is 0 Å². The van der Waals surface area contributed by atoms with E-state index in [1.807, 2.05) is 11.8 Å². The Balaban J connectivity index is 1.41. The highest BCUT2D eigenvalue weighted by molar-refractivity contribution is 8.13. The molecule has 3 fully saturated rings. The molecule has 1 N–H and O–H groups in total. The summed E-state index contributed by atoms with van der Waals surface area (Å²) in [5.41, 5.74) is 0. The molecule has 5 unspecified atom stereocenters. The zero-order valence-corrected chi connectivity index (χ0v) is 11.9. The van der Waals surface area contributed by atoms with Crippen molar-refractivity contribution in [3.63, 3.8) is 0 Å². The summed E-state index contributed by atoms with van der Waals surface area (Å²) < 4.78 is 0. The molecule has 0 radical (unpaired) electrons. The molecular weight excluding hydrogens is 240 g/mol. The third kappa shape index (κ3) is 2.09. The van der Waals surface area contributed by atoms with Gasteiger partial charge in [-0.2, -0.15) is 0 Å². The topological polar surface area (TPSA) is 24.4 Å². The minimum atomic E-state index is 0.654. The van der Waals surface area contributed by atoms with E-state index >= 15 is 0 Å². The number of amidine groups is 1. The van der Waals surface area contributed by atoms with Gasteiger partial charge < -0.3 is 5.32 Å². The summed E-state index contributed by atoms with van der Waals surface area (Å²) in [4.78, 5) is 5.02. The van der Waals surface area contributed by atoms with Crippen LogP contribution in [0.1, 0.15) is 51.4 Å². The van der Waals surface area contributed by atoms with Gasteiger partial charge in [-0.25, -0.2) is 0 Å². The summed E-state index contributed by atoms with van der Waals surface area (Å²) in [7, 11) is 0. The van der Waals surface area contributed by atoms with Crippen LogP contribution in [0.5, 0.6) is 0 Å². The van der Waals surface area contributed by atoms with Gasteiger partial charge in [0.1, 0.15) is 0 Å². The van der Waals surface area contributed by atoms with Crippen LogP contribution < -0.4 is 5.32 Å². The first-order valence-corrected chi connectivity index (χ1v) is 8.84. The van der Waals surface area contributed by atoms with Crippen molar-refractivity contribution in [3.05, 3.63) is 0 Å². The number of nitrogens with one attached hydrogen (secondary N) is 1. The van der Waals surface area contributed by atoms with E-state index in [-0.39, 0.29) is 0 Å². The molecule has 3 saturated carbocycles. The quantitative estimate of drug-likeness (QED) is 0.784. The molecule has 4 rings (SSSR count). The van der Waals surface area contributed by atoms with Gasteiger partial charge in [0.05, 0.1) is 6.04 Å². The lowest BCUT2D eigenvalue weighted by Crippen LogP contribution is -2.41. The Morgan fingerprint density at radius 3 is 2.78 bits per heavy atom. The monoisotopic (exact) mass is 264 g/mol. The lowest BCUT2D eigenvalue weighted by atomic mass is 9.86. The maximum Gasteiger partial charge on any atom is 0.157 e. The second-order valence-electron chi connectivity index (χ2n) is 6.78. The molecule has 1 aliphatic heterocycles. The second-order valence-corrected chi connectivity index (χ2v) is 7.79. The highest BCUT2D eigenvalue weighted by Gasteiger charge is 2.40. The van der Waals surface area contributed by atoms with E-state index in [0.717, 1.165) is 23.8 Å². The van der Waals surface area contributed by atoms with Crippen molar-refractivity contribution < 1.29 is 0 Å². The fourth-order valence-electron chi connectivity index (χ4n) is 4.59. The van der Waals surface area contributed by atoms with Crippen LogP contribution in [0.4, 0.5) is 0 Å². The van der Waals surface area contributed by atoms with Crippen LogP contribution in [0.25, 0.3) is 0 Å². The first kappa shape index (κ1) is 11.6. The molecule has 100 valence electrons. The molecule has 0 aromatic rings. The van der Waals surface area contributed by atoms with Crippen molar-refractivity contribution in [2.75, 3.05) is 5.75 Å². The lowest BCUT2D eigenvalue weighted by molar-refractivity contribution is 0.333. The Kier molecular flexibility index (Phi) is 3.06. The maximum atomic E-state index is 5.02. The molecule has 0 saturated heterocycles. The van der Waals surface area contributed by atoms with E-state index in [1.54, 1.807) is 0 Å². The Hall–Kier alpha value is -0.180. The SMILES string of the molecule is C1CCC2N=C(NC3CC4CCC3C4)SCC2C1. The first-order valence-electron chi connectivity index (χ1n) is 7.85. The average Bonchev–Trinajstić information content (AvgIpc) is 3.01. The summed E-state index contributed by atoms with van der Waals surface area (Å²) >= 11 is 2.00.